The number of carboxylic acids is 3. The molecular formula is C12H10O9. The predicted octanol–water partition coefficient (Wildman–Crippen LogP) is 0.726. The molecule has 9 heteroatoms. The van der Waals surface area contributed by atoms with Crippen LogP contribution in [-0.2, 0) is 14.5 Å². The average molecular weight is 298 g/mol. The molecule has 0 bridgehead atoms. The van der Waals surface area contributed by atoms with Crippen molar-refractivity contribution in [2.45, 2.75) is 0 Å². The molecule has 4 N–H and O–H groups in total. The zero-order chi connectivity index (χ0) is 16.4. The molecule has 21 heavy (non-hydrogen) atoms. The fraction of sp³-hybridized carbons (Fsp3) is 0. The molecular weight excluding hydrogens is 288 g/mol. The number of carbonyl (C=O) groups is 4. The number of aliphatic carboxylic acids is 2. The Kier molecular flexibility index (Phi) is 7.48. The van der Waals surface area contributed by atoms with Gasteiger partial charge in [-0.1, -0.05) is 12.1 Å². The van der Waals surface area contributed by atoms with Gasteiger partial charge in [0.1, 0.15) is 0 Å². The summed E-state index contributed by atoms with van der Waals surface area (Å²) in [6, 6.07) is 5.44. The largest absolute Gasteiger partial charge is 0.478 e. The summed E-state index contributed by atoms with van der Waals surface area (Å²) in [5, 5.41) is 32.3. The molecule has 1 aromatic carbocycles. The van der Waals surface area contributed by atoms with Crippen molar-refractivity contribution in [1.29, 1.82) is 0 Å². The SMILES string of the molecule is O=C(O)/C=C\C(=O)O.O=C(O)c1ccccc1C(=O)OO. The van der Waals surface area contributed by atoms with Gasteiger partial charge in [0.2, 0.25) is 0 Å². The van der Waals surface area contributed by atoms with Gasteiger partial charge in [-0.3, -0.25) is 4.89 Å². The van der Waals surface area contributed by atoms with Gasteiger partial charge in [-0.2, -0.15) is 5.26 Å². The first kappa shape index (κ1) is 17.8. The van der Waals surface area contributed by atoms with Gasteiger partial charge in [-0.15, -0.1) is 0 Å². The van der Waals surface area contributed by atoms with E-state index in [1.165, 1.54) is 24.3 Å². The van der Waals surface area contributed by atoms with Crippen LogP contribution < -0.4 is 0 Å². The summed E-state index contributed by atoms with van der Waals surface area (Å²) < 4.78 is 0. The third-order valence-corrected chi connectivity index (χ3v) is 1.83. The fourth-order valence-electron chi connectivity index (χ4n) is 1.04. The van der Waals surface area contributed by atoms with Crippen molar-refractivity contribution >= 4 is 23.9 Å². The lowest BCUT2D eigenvalue weighted by atomic mass is 10.1. The van der Waals surface area contributed by atoms with Crippen LogP contribution in [0.5, 0.6) is 0 Å². The van der Waals surface area contributed by atoms with Crippen molar-refractivity contribution in [3.8, 4) is 0 Å². The molecule has 112 valence electrons. The predicted molar refractivity (Wildman–Crippen MR) is 65.9 cm³/mol. The van der Waals surface area contributed by atoms with E-state index in [-0.39, 0.29) is 11.1 Å². The summed E-state index contributed by atoms with van der Waals surface area (Å²) in [7, 11) is 0. The highest BCUT2D eigenvalue weighted by Crippen LogP contribution is 2.09. The second-order valence-electron chi connectivity index (χ2n) is 3.24. The third-order valence-electron chi connectivity index (χ3n) is 1.83. The van der Waals surface area contributed by atoms with Gasteiger partial charge in [0, 0.05) is 12.2 Å². The highest BCUT2D eigenvalue weighted by Gasteiger charge is 2.16. The lowest BCUT2D eigenvalue weighted by Crippen LogP contribution is -2.09. The van der Waals surface area contributed by atoms with Gasteiger partial charge in [0.15, 0.2) is 0 Å². The minimum Gasteiger partial charge on any atom is -0.478 e. The van der Waals surface area contributed by atoms with Crippen LogP contribution in [0.15, 0.2) is 36.4 Å². The summed E-state index contributed by atoms with van der Waals surface area (Å²) in [5.74, 6) is -4.85. The molecule has 0 aliphatic carbocycles. The zero-order valence-corrected chi connectivity index (χ0v) is 10.3. The van der Waals surface area contributed by atoms with Crippen LogP contribution in [0.3, 0.4) is 0 Å². The summed E-state index contributed by atoms with van der Waals surface area (Å²) in [6.45, 7) is 0. The molecule has 0 heterocycles. The Balaban J connectivity index is 0.000000433. The molecule has 0 atom stereocenters. The van der Waals surface area contributed by atoms with Gasteiger partial charge in [0.05, 0.1) is 11.1 Å². The monoisotopic (exact) mass is 298 g/mol. The maximum atomic E-state index is 10.8. The van der Waals surface area contributed by atoms with Crippen molar-refractivity contribution in [2.75, 3.05) is 0 Å². The van der Waals surface area contributed by atoms with E-state index < -0.39 is 23.9 Å². The quantitative estimate of drug-likeness (QED) is 0.357. The fourth-order valence-corrected chi connectivity index (χ4v) is 1.04. The summed E-state index contributed by atoms with van der Waals surface area (Å²) in [6.07, 6.45) is 1.12. The van der Waals surface area contributed by atoms with Crippen LogP contribution in [0.1, 0.15) is 20.7 Å². The summed E-state index contributed by atoms with van der Waals surface area (Å²) in [5.41, 5.74) is -0.390. The van der Waals surface area contributed by atoms with Crippen LogP contribution in [0, 0.1) is 0 Å². The molecule has 0 spiro atoms. The van der Waals surface area contributed by atoms with Crippen LogP contribution in [0.4, 0.5) is 0 Å². The van der Waals surface area contributed by atoms with E-state index in [1.54, 1.807) is 0 Å². The molecule has 0 aromatic heterocycles. The maximum absolute atomic E-state index is 10.8. The first-order valence-corrected chi connectivity index (χ1v) is 5.11. The van der Waals surface area contributed by atoms with Crippen molar-refractivity contribution in [3.63, 3.8) is 0 Å². The van der Waals surface area contributed by atoms with Gasteiger partial charge in [-0.05, 0) is 12.1 Å². The van der Waals surface area contributed by atoms with E-state index in [0.29, 0.717) is 12.2 Å². The molecule has 0 unspecified atom stereocenters. The zero-order valence-electron chi connectivity index (χ0n) is 10.3. The Morgan fingerprint density at radius 2 is 1.29 bits per heavy atom. The first-order valence-electron chi connectivity index (χ1n) is 5.11. The Bertz CT molecular complexity index is 558. The number of rotatable bonds is 4. The van der Waals surface area contributed by atoms with E-state index in [2.05, 4.69) is 4.89 Å². The van der Waals surface area contributed by atoms with E-state index >= 15 is 0 Å². The van der Waals surface area contributed by atoms with E-state index in [4.69, 9.17) is 20.6 Å². The van der Waals surface area contributed by atoms with Crippen LogP contribution in [-0.4, -0.2) is 44.5 Å². The number of carboxylic acid groups (broad SMARTS) is 3. The standard InChI is InChI=1S/C8H6O5.C4H4O4/c9-7(10)5-3-1-2-4-6(5)8(11)13-12;5-3(6)1-2-4(7)8/h1-4,12H,(H,9,10);1-2H,(H,5,6)(H,7,8)/b;2-1-. The van der Waals surface area contributed by atoms with Gasteiger partial charge < -0.3 is 15.3 Å². The molecule has 0 saturated heterocycles. The van der Waals surface area contributed by atoms with Crippen molar-refractivity contribution < 1.29 is 44.6 Å². The second-order valence-corrected chi connectivity index (χ2v) is 3.24. The number of benzene rings is 1. The molecule has 9 nitrogen and oxygen atoms in total. The molecule has 1 rings (SSSR count). The topological polar surface area (TPSA) is 158 Å². The molecule has 0 aliphatic heterocycles. The average Bonchev–Trinajstić information content (AvgIpc) is 2.45. The Labute approximate surface area is 117 Å². The molecule has 0 fully saturated rings. The molecule has 0 saturated carbocycles. The smallest absolute Gasteiger partial charge is 0.373 e. The minimum atomic E-state index is -1.26. The normalized spacial score (nSPS) is 9.38. The molecule has 0 amide bonds. The molecule has 0 aliphatic rings. The lowest BCUT2D eigenvalue weighted by Gasteiger charge is -2.00. The maximum Gasteiger partial charge on any atom is 0.373 e. The second kappa shape index (κ2) is 8.82. The van der Waals surface area contributed by atoms with Gasteiger partial charge >= 0.3 is 23.9 Å². The third kappa shape index (κ3) is 7.08. The van der Waals surface area contributed by atoms with E-state index in [0.717, 1.165) is 0 Å². The van der Waals surface area contributed by atoms with Crippen LogP contribution in [0.2, 0.25) is 0 Å². The Morgan fingerprint density at radius 1 is 0.857 bits per heavy atom. The van der Waals surface area contributed by atoms with Crippen LogP contribution >= 0.6 is 0 Å². The number of hydrogen-bond donors (Lipinski definition) is 4. The Hall–Kier alpha value is -3.20. The number of carbonyl (C=O) groups excluding carboxylic acids is 1. The Morgan fingerprint density at radius 3 is 1.62 bits per heavy atom. The molecule has 0 radical (unpaired) electrons. The number of aromatic carboxylic acids is 1. The van der Waals surface area contributed by atoms with E-state index in [9.17, 15) is 19.2 Å². The summed E-state index contributed by atoms with van der Waals surface area (Å²) >= 11 is 0. The van der Waals surface area contributed by atoms with E-state index in [1.807, 2.05) is 0 Å². The number of hydrogen-bond acceptors (Lipinski definition) is 6. The molecule has 1 aromatic rings. The van der Waals surface area contributed by atoms with Gasteiger partial charge in [-0.25, -0.2) is 19.2 Å². The first-order chi connectivity index (χ1) is 9.79. The van der Waals surface area contributed by atoms with Crippen molar-refractivity contribution in [2.24, 2.45) is 0 Å². The van der Waals surface area contributed by atoms with Crippen LogP contribution in [0.25, 0.3) is 0 Å². The highest BCUT2D eigenvalue weighted by atomic mass is 17.1. The minimum absolute atomic E-state index is 0.183. The summed E-state index contributed by atoms with van der Waals surface area (Å²) in [4.78, 5) is 43.9. The van der Waals surface area contributed by atoms with Crippen molar-refractivity contribution in [3.05, 3.63) is 47.5 Å². The lowest BCUT2D eigenvalue weighted by molar-refractivity contribution is -0.182. The highest BCUT2D eigenvalue weighted by molar-refractivity contribution is 6.02. The van der Waals surface area contributed by atoms with Gasteiger partial charge in [0.25, 0.3) is 0 Å². The van der Waals surface area contributed by atoms with Crippen molar-refractivity contribution in [1.82, 2.24) is 0 Å².